The largest absolute Gasteiger partial charge is 0.370 e. The van der Waals surface area contributed by atoms with Crippen LogP contribution >= 0.6 is 0 Å². The van der Waals surface area contributed by atoms with E-state index < -0.39 is 0 Å². The molecule has 0 radical (unpaired) electrons. The molecule has 0 amide bonds. The van der Waals surface area contributed by atoms with Crippen molar-refractivity contribution in [3.8, 4) is 0 Å². The quantitative estimate of drug-likeness (QED) is 0.240. The van der Waals surface area contributed by atoms with E-state index >= 15 is 0 Å². The Morgan fingerprint density at radius 3 is 1.67 bits per heavy atom. The van der Waals surface area contributed by atoms with Crippen molar-refractivity contribution in [1.29, 1.82) is 0 Å². The van der Waals surface area contributed by atoms with Crippen LogP contribution in [-0.2, 0) is 9.63 Å². The SMILES string of the molecule is CCCCCCCCCCCCCCC(C)(C)C(=O)ONCCC. The van der Waals surface area contributed by atoms with E-state index in [4.69, 9.17) is 4.84 Å². The summed E-state index contributed by atoms with van der Waals surface area (Å²) in [6, 6.07) is 0. The molecular formula is C21H43NO2. The first-order chi connectivity index (χ1) is 11.5. The van der Waals surface area contributed by atoms with Crippen LogP contribution in [0.4, 0.5) is 0 Å². The minimum absolute atomic E-state index is 0.126. The molecule has 0 unspecified atom stereocenters. The molecule has 0 aliphatic heterocycles. The Morgan fingerprint density at radius 1 is 0.750 bits per heavy atom. The van der Waals surface area contributed by atoms with Crippen molar-refractivity contribution < 1.29 is 9.63 Å². The van der Waals surface area contributed by atoms with Crippen molar-refractivity contribution in [1.82, 2.24) is 5.48 Å². The number of unbranched alkanes of at least 4 members (excludes halogenated alkanes) is 11. The number of carbonyl (C=O) groups is 1. The van der Waals surface area contributed by atoms with Gasteiger partial charge >= 0.3 is 5.97 Å². The van der Waals surface area contributed by atoms with Crippen LogP contribution in [0.5, 0.6) is 0 Å². The number of carbonyl (C=O) groups excluding carboxylic acids is 1. The lowest BCUT2D eigenvalue weighted by molar-refractivity contribution is -0.162. The lowest BCUT2D eigenvalue weighted by Crippen LogP contribution is -2.32. The highest BCUT2D eigenvalue weighted by atomic mass is 16.7. The minimum atomic E-state index is -0.376. The van der Waals surface area contributed by atoms with Gasteiger partial charge in [-0.05, 0) is 26.7 Å². The molecule has 0 aromatic rings. The fourth-order valence-corrected chi connectivity index (χ4v) is 2.87. The zero-order chi connectivity index (χ0) is 18.1. The maximum atomic E-state index is 12.0. The van der Waals surface area contributed by atoms with Crippen molar-refractivity contribution in [2.75, 3.05) is 6.54 Å². The fraction of sp³-hybridized carbons (Fsp3) is 0.952. The zero-order valence-corrected chi connectivity index (χ0v) is 16.9. The van der Waals surface area contributed by atoms with E-state index in [2.05, 4.69) is 19.3 Å². The Labute approximate surface area is 151 Å². The van der Waals surface area contributed by atoms with Crippen LogP contribution in [0.2, 0.25) is 0 Å². The molecule has 0 saturated carbocycles. The average Bonchev–Trinajstić information content (AvgIpc) is 2.56. The monoisotopic (exact) mass is 341 g/mol. The van der Waals surface area contributed by atoms with Crippen LogP contribution in [0.25, 0.3) is 0 Å². The van der Waals surface area contributed by atoms with Crippen LogP contribution in [0, 0.1) is 5.41 Å². The van der Waals surface area contributed by atoms with Gasteiger partial charge < -0.3 is 4.84 Å². The molecule has 0 fully saturated rings. The predicted octanol–water partition coefficient (Wildman–Crippen LogP) is 6.56. The van der Waals surface area contributed by atoms with Crippen molar-refractivity contribution in [2.24, 2.45) is 5.41 Å². The third-order valence-corrected chi connectivity index (χ3v) is 4.72. The van der Waals surface area contributed by atoms with Crippen LogP contribution in [-0.4, -0.2) is 12.5 Å². The van der Waals surface area contributed by atoms with E-state index in [0.29, 0.717) is 0 Å². The molecule has 0 rings (SSSR count). The molecular weight excluding hydrogens is 298 g/mol. The van der Waals surface area contributed by atoms with Gasteiger partial charge in [0.05, 0.1) is 5.41 Å². The summed E-state index contributed by atoms with van der Waals surface area (Å²) in [4.78, 5) is 17.1. The van der Waals surface area contributed by atoms with Crippen molar-refractivity contribution in [3.05, 3.63) is 0 Å². The minimum Gasteiger partial charge on any atom is -0.370 e. The third kappa shape index (κ3) is 13.8. The van der Waals surface area contributed by atoms with E-state index in [9.17, 15) is 4.79 Å². The molecule has 1 N–H and O–H groups in total. The third-order valence-electron chi connectivity index (χ3n) is 4.72. The van der Waals surface area contributed by atoms with Crippen LogP contribution < -0.4 is 5.48 Å². The summed E-state index contributed by atoms with van der Waals surface area (Å²) in [5, 5.41) is 0. The maximum absolute atomic E-state index is 12.0. The standard InChI is InChI=1S/C21H43NO2/c1-5-7-8-9-10-11-12-13-14-15-16-17-18-21(3,4)20(23)24-22-19-6-2/h22H,5-19H2,1-4H3. The second-order valence-electron chi connectivity index (χ2n) is 7.81. The number of rotatable bonds is 17. The van der Waals surface area contributed by atoms with Crippen molar-refractivity contribution >= 4 is 5.97 Å². The smallest absolute Gasteiger partial charge is 0.330 e. The lowest BCUT2D eigenvalue weighted by atomic mass is 9.87. The summed E-state index contributed by atoms with van der Waals surface area (Å²) in [5.41, 5.74) is 2.36. The highest BCUT2D eigenvalue weighted by Gasteiger charge is 2.28. The van der Waals surface area contributed by atoms with E-state index in [1.165, 1.54) is 70.6 Å². The van der Waals surface area contributed by atoms with Gasteiger partial charge in [-0.25, -0.2) is 4.79 Å². The molecule has 0 aromatic heterocycles. The molecule has 0 heterocycles. The van der Waals surface area contributed by atoms with Gasteiger partial charge in [0, 0.05) is 6.54 Å². The Bertz CT molecular complexity index is 290. The molecule has 0 spiro atoms. The molecule has 0 aromatic carbocycles. The van der Waals surface area contributed by atoms with Crippen LogP contribution in [0.1, 0.15) is 118 Å². The first-order valence-corrected chi connectivity index (χ1v) is 10.5. The molecule has 24 heavy (non-hydrogen) atoms. The van der Waals surface area contributed by atoms with Gasteiger partial charge in [0.15, 0.2) is 0 Å². The number of hydrogen-bond acceptors (Lipinski definition) is 3. The summed E-state index contributed by atoms with van der Waals surface area (Å²) in [6.07, 6.45) is 18.1. The Morgan fingerprint density at radius 2 is 1.21 bits per heavy atom. The Balaban J connectivity index is 3.43. The maximum Gasteiger partial charge on any atom is 0.330 e. The first kappa shape index (κ1) is 23.4. The summed E-state index contributed by atoms with van der Waals surface area (Å²) < 4.78 is 0. The fourth-order valence-electron chi connectivity index (χ4n) is 2.87. The number of nitrogens with one attached hydrogen (secondary N) is 1. The van der Waals surface area contributed by atoms with Gasteiger partial charge in [0.2, 0.25) is 0 Å². The molecule has 144 valence electrons. The molecule has 0 aliphatic rings. The molecule has 0 aliphatic carbocycles. The van der Waals surface area contributed by atoms with Crippen LogP contribution in [0.15, 0.2) is 0 Å². The van der Waals surface area contributed by atoms with Gasteiger partial charge in [0.1, 0.15) is 0 Å². The lowest BCUT2D eigenvalue weighted by Gasteiger charge is -2.22. The summed E-state index contributed by atoms with van der Waals surface area (Å²) in [7, 11) is 0. The average molecular weight is 342 g/mol. The summed E-state index contributed by atoms with van der Waals surface area (Å²) in [6.45, 7) is 9.02. The van der Waals surface area contributed by atoms with Gasteiger partial charge in [-0.2, -0.15) is 5.48 Å². The van der Waals surface area contributed by atoms with Gasteiger partial charge in [-0.15, -0.1) is 0 Å². The second-order valence-corrected chi connectivity index (χ2v) is 7.81. The topological polar surface area (TPSA) is 38.3 Å². The highest BCUT2D eigenvalue weighted by molar-refractivity contribution is 5.75. The van der Waals surface area contributed by atoms with E-state index in [-0.39, 0.29) is 11.4 Å². The van der Waals surface area contributed by atoms with E-state index in [1.54, 1.807) is 0 Å². The Kier molecular flexibility index (Phi) is 15.6. The summed E-state index contributed by atoms with van der Waals surface area (Å²) in [5.74, 6) is -0.126. The molecule has 0 atom stereocenters. The van der Waals surface area contributed by atoms with Crippen molar-refractivity contribution in [3.63, 3.8) is 0 Å². The summed E-state index contributed by atoms with van der Waals surface area (Å²) >= 11 is 0. The van der Waals surface area contributed by atoms with Crippen molar-refractivity contribution in [2.45, 2.75) is 118 Å². The van der Waals surface area contributed by atoms with Gasteiger partial charge in [-0.1, -0.05) is 90.9 Å². The Hall–Kier alpha value is -0.570. The molecule has 0 bridgehead atoms. The predicted molar refractivity (Wildman–Crippen MR) is 104 cm³/mol. The van der Waals surface area contributed by atoms with E-state index in [0.717, 1.165) is 25.8 Å². The second kappa shape index (κ2) is 15.9. The highest BCUT2D eigenvalue weighted by Crippen LogP contribution is 2.25. The first-order valence-electron chi connectivity index (χ1n) is 10.5. The molecule has 0 saturated heterocycles. The molecule has 3 nitrogen and oxygen atoms in total. The zero-order valence-electron chi connectivity index (χ0n) is 16.9. The van der Waals surface area contributed by atoms with Gasteiger partial charge in [-0.3, -0.25) is 0 Å². The van der Waals surface area contributed by atoms with Gasteiger partial charge in [0.25, 0.3) is 0 Å². The van der Waals surface area contributed by atoms with E-state index in [1.807, 2.05) is 13.8 Å². The molecule has 3 heteroatoms. The number of hydroxylamine groups is 1. The number of hydrogen-bond donors (Lipinski definition) is 1. The van der Waals surface area contributed by atoms with Crippen LogP contribution in [0.3, 0.4) is 0 Å². The normalized spacial score (nSPS) is 11.7.